The van der Waals surface area contributed by atoms with Crippen molar-refractivity contribution in [2.45, 2.75) is 63.1 Å². The first-order valence-electron chi connectivity index (χ1n) is 7.49. The summed E-state index contributed by atoms with van der Waals surface area (Å²) in [5.41, 5.74) is 0. The van der Waals surface area contributed by atoms with Crippen LogP contribution in [0.5, 0.6) is 0 Å². The Labute approximate surface area is 105 Å². The first-order chi connectivity index (χ1) is 8.33. The van der Waals surface area contributed by atoms with Gasteiger partial charge in [-0.15, -0.1) is 0 Å². The largest absolute Gasteiger partial charge is 0.393 e. The Morgan fingerprint density at radius 1 is 0.706 bits per heavy atom. The number of rotatable bonds is 2. The van der Waals surface area contributed by atoms with Crippen molar-refractivity contribution in [2.24, 2.45) is 0 Å². The monoisotopic (exact) mass is 238 g/mol. The summed E-state index contributed by atoms with van der Waals surface area (Å²) in [5.74, 6) is 0. The van der Waals surface area contributed by atoms with Crippen molar-refractivity contribution in [1.29, 1.82) is 0 Å². The maximum Gasteiger partial charge on any atom is 0.0541 e. The van der Waals surface area contributed by atoms with E-state index in [4.69, 9.17) is 0 Å². The summed E-state index contributed by atoms with van der Waals surface area (Å²) < 4.78 is 0. The molecule has 2 heterocycles. The van der Waals surface area contributed by atoms with Crippen molar-refractivity contribution >= 4 is 0 Å². The van der Waals surface area contributed by atoms with Crippen LogP contribution in [0.25, 0.3) is 0 Å². The van der Waals surface area contributed by atoms with E-state index in [1.165, 1.54) is 58.3 Å². The van der Waals surface area contributed by atoms with Gasteiger partial charge in [0.1, 0.15) is 0 Å². The first-order valence-corrected chi connectivity index (χ1v) is 7.49. The van der Waals surface area contributed by atoms with Crippen molar-refractivity contribution in [3.05, 3.63) is 0 Å². The summed E-state index contributed by atoms with van der Waals surface area (Å²) in [6.45, 7) is 5.26. The molecule has 3 aliphatic rings. The van der Waals surface area contributed by atoms with Crippen LogP contribution in [0.15, 0.2) is 0 Å². The molecule has 3 fully saturated rings. The molecule has 1 atom stereocenters. The molecule has 1 saturated carbocycles. The van der Waals surface area contributed by atoms with Gasteiger partial charge in [0.15, 0.2) is 0 Å². The predicted molar refractivity (Wildman–Crippen MR) is 69.0 cm³/mol. The Morgan fingerprint density at radius 2 is 1.41 bits per heavy atom. The van der Waals surface area contributed by atoms with Crippen LogP contribution in [-0.4, -0.2) is 59.3 Å². The van der Waals surface area contributed by atoms with Crippen LogP contribution in [0.4, 0.5) is 0 Å². The quantitative estimate of drug-likeness (QED) is 0.789. The lowest BCUT2D eigenvalue weighted by atomic mass is 9.92. The molecule has 0 aromatic carbocycles. The topological polar surface area (TPSA) is 26.7 Å². The molecule has 98 valence electrons. The number of aliphatic hydroxyl groups excluding tert-OH is 1. The molecule has 0 aromatic rings. The first kappa shape index (κ1) is 11.9. The molecule has 0 radical (unpaired) electrons. The van der Waals surface area contributed by atoms with Gasteiger partial charge in [0.2, 0.25) is 0 Å². The van der Waals surface area contributed by atoms with Gasteiger partial charge in [0.25, 0.3) is 0 Å². The maximum absolute atomic E-state index is 9.57. The van der Waals surface area contributed by atoms with Gasteiger partial charge in [-0.3, -0.25) is 9.80 Å². The van der Waals surface area contributed by atoms with Gasteiger partial charge >= 0.3 is 0 Å². The van der Waals surface area contributed by atoms with Crippen molar-refractivity contribution in [3.63, 3.8) is 0 Å². The highest BCUT2D eigenvalue weighted by molar-refractivity contribution is 4.90. The van der Waals surface area contributed by atoms with Gasteiger partial charge in [-0.05, 0) is 58.0 Å². The molecular formula is C14H26N2O. The Morgan fingerprint density at radius 3 is 2.12 bits per heavy atom. The number of nitrogens with zero attached hydrogens (tertiary/aromatic N) is 2. The van der Waals surface area contributed by atoms with E-state index >= 15 is 0 Å². The maximum atomic E-state index is 9.57. The number of hydrogen-bond acceptors (Lipinski definition) is 3. The van der Waals surface area contributed by atoms with Crippen LogP contribution < -0.4 is 0 Å². The zero-order valence-corrected chi connectivity index (χ0v) is 10.9. The van der Waals surface area contributed by atoms with Gasteiger partial charge < -0.3 is 5.11 Å². The van der Waals surface area contributed by atoms with E-state index in [0.29, 0.717) is 0 Å². The molecule has 1 aliphatic carbocycles. The summed E-state index contributed by atoms with van der Waals surface area (Å²) in [6.07, 6.45) is 8.66. The van der Waals surface area contributed by atoms with E-state index < -0.39 is 0 Å². The van der Waals surface area contributed by atoms with Crippen molar-refractivity contribution in [3.8, 4) is 0 Å². The highest BCUT2D eigenvalue weighted by Crippen LogP contribution is 2.28. The average Bonchev–Trinajstić information content (AvgIpc) is 3.00. The molecule has 0 spiro atoms. The lowest BCUT2D eigenvalue weighted by Crippen LogP contribution is -2.40. The molecule has 2 saturated heterocycles. The Balaban J connectivity index is 1.49. The fourth-order valence-electron chi connectivity index (χ4n) is 3.93. The second-order valence-electron chi connectivity index (χ2n) is 6.14. The minimum atomic E-state index is -0.0109. The van der Waals surface area contributed by atoms with Crippen molar-refractivity contribution < 1.29 is 5.11 Å². The Kier molecular flexibility index (Phi) is 3.69. The Hall–Kier alpha value is -0.120. The SMILES string of the molecule is OC1CCC(N2CCC(N3CCCC3)C2)CC1. The fraction of sp³-hybridized carbons (Fsp3) is 1.00. The van der Waals surface area contributed by atoms with E-state index in [1.54, 1.807) is 0 Å². The van der Waals surface area contributed by atoms with Gasteiger partial charge in [-0.25, -0.2) is 0 Å². The molecule has 0 bridgehead atoms. The molecule has 1 unspecified atom stereocenters. The summed E-state index contributed by atoms with van der Waals surface area (Å²) in [6, 6.07) is 1.61. The van der Waals surface area contributed by atoms with Gasteiger partial charge in [0.05, 0.1) is 6.10 Å². The van der Waals surface area contributed by atoms with E-state index in [-0.39, 0.29) is 6.10 Å². The smallest absolute Gasteiger partial charge is 0.0541 e. The molecular weight excluding hydrogens is 212 g/mol. The third-order valence-electron chi connectivity index (χ3n) is 5.03. The standard InChI is InChI=1S/C14H26N2O/c17-14-5-3-12(4-6-14)16-10-7-13(11-16)15-8-1-2-9-15/h12-14,17H,1-11H2. The minimum absolute atomic E-state index is 0.0109. The van der Waals surface area contributed by atoms with Crippen molar-refractivity contribution in [2.75, 3.05) is 26.2 Å². The lowest BCUT2D eigenvalue weighted by Gasteiger charge is -2.33. The van der Waals surface area contributed by atoms with Crippen LogP contribution in [0.2, 0.25) is 0 Å². The normalized spacial score (nSPS) is 41.1. The molecule has 3 rings (SSSR count). The summed E-state index contributed by atoms with van der Waals surface area (Å²) in [5, 5.41) is 9.57. The second-order valence-corrected chi connectivity index (χ2v) is 6.14. The molecule has 3 nitrogen and oxygen atoms in total. The van der Waals surface area contributed by atoms with E-state index in [2.05, 4.69) is 9.80 Å². The molecule has 2 aliphatic heterocycles. The van der Waals surface area contributed by atoms with Gasteiger partial charge in [-0.2, -0.15) is 0 Å². The third-order valence-corrected chi connectivity index (χ3v) is 5.03. The summed E-state index contributed by atoms with van der Waals surface area (Å²) >= 11 is 0. The van der Waals surface area contributed by atoms with Gasteiger partial charge in [0, 0.05) is 25.2 Å². The molecule has 0 amide bonds. The second kappa shape index (κ2) is 5.25. The molecule has 0 aromatic heterocycles. The third kappa shape index (κ3) is 2.67. The highest BCUT2D eigenvalue weighted by Gasteiger charge is 2.33. The molecule has 3 heteroatoms. The fourth-order valence-corrected chi connectivity index (χ4v) is 3.93. The molecule has 17 heavy (non-hydrogen) atoms. The number of aliphatic hydroxyl groups is 1. The minimum Gasteiger partial charge on any atom is -0.393 e. The van der Waals surface area contributed by atoms with Crippen LogP contribution in [0, 0.1) is 0 Å². The van der Waals surface area contributed by atoms with E-state index in [9.17, 15) is 5.11 Å². The zero-order valence-electron chi connectivity index (χ0n) is 10.9. The number of hydrogen-bond donors (Lipinski definition) is 1. The van der Waals surface area contributed by atoms with E-state index in [0.717, 1.165) is 24.9 Å². The number of likely N-dealkylation sites (tertiary alicyclic amines) is 2. The van der Waals surface area contributed by atoms with Crippen LogP contribution in [-0.2, 0) is 0 Å². The van der Waals surface area contributed by atoms with Gasteiger partial charge in [-0.1, -0.05) is 0 Å². The summed E-state index contributed by atoms with van der Waals surface area (Å²) in [4.78, 5) is 5.41. The summed E-state index contributed by atoms with van der Waals surface area (Å²) in [7, 11) is 0. The Bertz CT molecular complexity index is 245. The van der Waals surface area contributed by atoms with Crippen molar-refractivity contribution in [1.82, 2.24) is 9.80 Å². The van der Waals surface area contributed by atoms with Crippen LogP contribution >= 0.6 is 0 Å². The predicted octanol–water partition coefficient (Wildman–Crippen LogP) is 1.46. The molecule has 1 N–H and O–H groups in total. The highest BCUT2D eigenvalue weighted by atomic mass is 16.3. The average molecular weight is 238 g/mol. The van der Waals surface area contributed by atoms with Crippen LogP contribution in [0.3, 0.4) is 0 Å². The zero-order chi connectivity index (χ0) is 11.7. The lowest BCUT2D eigenvalue weighted by molar-refractivity contribution is 0.0803. The van der Waals surface area contributed by atoms with E-state index in [1.807, 2.05) is 0 Å². The van der Waals surface area contributed by atoms with Crippen LogP contribution in [0.1, 0.15) is 44.9 Å².